The molecule has 7 nitrogen and oxygen atoms in total. The number of aryl methyl sites for hydroxylation is 1. The number of hydrogen-bond donors (Lipinski definition) is 1. The first-order valence-corrected chi connectivity index (χ1v) is 12.7. The molecule has 7 heteroatoms. The molecule has 4 rings (SSSR count). The van der Waals surface area contributed by atoms with Gasteiger partial charge in [0.1, 0.15) is 5.52 Å². The number of oxazole rings is 1. The number of rotatable bonds is 9. The van der Waals surface area contributed by atoms with Gasteiger partial charge in [0.25, 0.3) is 5.91 Å². The Hall–Kier alpha value is -3.19. The molecule has 2 amide bonds. The van der Waals surface area contributed by atoms with Crippen LogP contribution in [0.25, 0.3) is 22.6 Å². The molecule has 1 aromatic heterocycles. The summed E-state index contributed by atoms with van der Waals surface area (Å²) in [6.07, 6.45) is 2.23. The van der Waals surface area contributed by atoms with Gasteiger partial charge in [0.05, 0.1) is 0 Å². The van der Waals surface area contributed by atoms with E-state index in [2.05, 4.69) is 29.0 Å². The Bertz CT molecular complexity index is 1140. The highest BCUT2D eigenvalue weighted by Crippen LogP contribution is 2.27. The van der Waals surface area contributed by atoms with Crippen molar-refractivity contribution in [3.8, 4) is 11.5 Å². The van der Waals surface area contributed by atoms with Crippen molar-refractivity contribution in [2.45, 2.75) is 40.0 Å². The number of carbonyl (C=O) groups excluding carboxylic acids is 2. The van der Waals surface area contributed by atoms with Gasteiger partial charge in [-0.2, -0.15) is 0 Å². The first kappa shape index (κ1) is 24.9. The topological polar surface area (TPSA) is 78.7 Å². The van der Waals surface area contributed by atoms with Crippen molar-refractivity contribution in [2.75, 3.05) is 39.3 Å². The molecule has 0 aliphatic carbocycles. The Morgan fingerprint density at radius 2 is 1.80 bits per heavy atom. The van der Waals surface area contributed by atoms with Crippen LogP contribution in [0.1, 0.15) is 49.0 Å². The Labute approximate surface area is 207 Å². The van der Waals surface area contributed by atoms with Crippen LogP contribution in [0.4, 0.5) is 0 Å². The maximum atomic E-state index is 13.1. The van der Waals surface area contributed by atoms with E-state index < -0.39 is 0 Å². The molecular formula is C28H36N4O3. The van der Waals surface area contributed by atoms with E-state index in [0.717, 1.165) is 38.0 Å². The average Bonchev–Trinajstić information content (AvgIpc) is 3.30. The second kappa shape index (κ2) is 11.5. The van der Waals surface area contributed by atoms with Crippen molar-refractivity contribution in [1.29, 1.82) is 0 Å². The number of nitrogens with zero attached hydrogens (tertiary/aromatic N) is 3. The molecule has 0 atom stereocenters. The van der Waals surface area contributed by atoms with Gasteiger partial charge in [-0.15, -0.1) is 0 Å². The van der Waals surface area contributed by atoms with Crippen LogP contribution in [-0.4, -0.2) is 65.9 Å². The van der Waals surface area contributed by atoms with Gasteiger partial charge in [-0.1, -0.05) is 31.5 Å². The Morgan fingerprint density at radius 1 is 1.09 bits per heavy atom. The maximum Gasteiger partial charge on any atom is 0.253 e. The summed E-state index contributed by atoms with van der Waals surface area (Å²) < 4.78 is 5.90. The van der Waals surface area contributed by atoms with Crippen molar-refractivity contribution < 1.29 is 14.0 Å². The van der Waals surface area contributed by atoms with Crippen LogP contribution in [0.15, 0.2) is 46.9 Å². The van der Waals surface area contributed by atoms with Crippen molar-refractivity contribution in [1.82, 2.24) is 20.1 Å². The number of fused-ring (bicyclic) bond motifs is 1. The molecule has 0 bridgehead atoms. The third-order valence-electron chi connectivity index (χ3n) is 6.95. The van der Waals surface area contributed by atoms with Gasteiger partial charge in [0.15, 0.2) is 5.58 Å². The second-order valence-corrected chi connectivity index (χ2v) is 9.38. The molecule has 2 heterocycles. The zero-order chi connectivity index (χ0) is 24.8. The molecule has 0 radical (unpaired) electrons. The van der Waals surface area contributed by atoms with E-state index in [4.69, 9.17) is 4.42 Å². The molecule has 1 N–H and O–H groups in total. The molecule has 1 fully saturated rings. The van der Waals surface area contributed by atoms with Crippen LogP contribution in [0.3, 0.4) is 0 Å². The molecule has 1 aliphatic heterocycles. The number of likely N-dealkylation sites (tertiary alicyclic amines) is 1. The standard InChI is InChI=1S/C28H36N4O3/c1-4-31(5-2)17-14-29-26(33)18-21-12-15-32(16-13-21)28(34)23-10-11-25-24(19-23)30-27(35-25)22-8-6-20(3)7-9-22/h6-11,19,21H,4-5,12-18H2,1-3H3,(H,29,33). The van der Waals surface area contributed by atoms with E-state index in [1.54, 1.807) is 0 Å². The quantitative estimate of drug-likeness (QED) is 0.492. The molecular weight excluding hydrogens is 440 g/mol. The minimum absolute atomic E-state index is 0.00825. The zero-order valence-corrected chi connectivity index (χ0v) is 21.0. The summed E-state index contributed by atoms with van der Waals surface area (Å²) in [5.74, 6) is 1.00. The van der Waals surface area contributed by atoms with E-state index in [1.165, 1.54) is 5.56 Å². The SMILES string of the molecule is CCN(CC)CCNC(=O)CC1CCN(C(=O)c2ccc3oc(-c4ccc(C)cc4)nc3c2)CC1. The maximum absolute atomic E-state index is 13.1. The second-order valence-electron chi connectivity index (χ2n) is 9.38. The fraction of sp³-hybridized carbons (Fsp3) is 0.464. The lowest BCUT2D eigenvalue weighted by molar-refractivity contribution is -0.122. The molecule has 1 saturated heterocycles. The van der Waals surface area contributed by atoms with E-state index >= 15 is 0 Å². The molecule has 0 saturated carbocycles. The van der Waals surface area contributed by atoms with Crippen LogP contribution < -0.4 is 5.32 Å². The number of nitrogens with one attached hydrogen (secondary N) is 1. The van der Waals surface area contributed by atoms with E-state index in [1.807, 2.05) is 54.3 Å². The fourth-order valence-electron chi connectivity index (χ4n) is 4.63. The van der Waals surface area contributed by atoms with Gasteiger partial charge in [-0.25, -0.2) is 4.98 Å². The summed E-state index contributed by atoms with van der Waals surface area (Å²) in [6.45, 7) is 11.2. The summed E-state index contributed by atoms with van der Waals surface area (Å²) in [7, 11) is 0. The van der Waals surface area contributed by atoms with Crippen molar-refractivity contribution in [2.24, 2.45) is 5.92 Å². The lowest BCUT2D eigenvalue weighted by atomic mass is 9.93. The number of hydrogen-bond acceptors (Lipinski definition) is 5. The largest absolute Gasteiger partial charge is 0.436 e. The third kappa shape index (κ3) is 6.28. The van der Waals surface area contributed by atoms with E-state index in [0.29, 0.717) is 54.5 Å². The summed E-state index contributed by atoms with van der Waals surface area (Å²) >= 11 is 0. The number of piperidine rings is 1. The zero-order valence-electron chi connectivity index (χ0n) is 21.0. The number of likely N-dealkylation sites (N-methyl/N-ethyl adjacent to an activating group) is 1. The van der Waals surface area contributed by atoms with Gasteiger partial charge >= 0.3 is 0 Å². The normalized spacial score (nSPS) is 14.6. The molecule has 35 heavy (non-hydrogen) atoms. The van der Waals surface area contributed by atoms with Crippen LogP contribution in [0, 0.1) is 12.8 Å². The molecule has 1 aliphatic rings. The van der Waals surface area contributed by atoms with Crippen LogP contribution >= 0.6 is 0 Å². The van der Waals surface area contributed by atoms with Crippen molar-refractivity contribution in [3.63, 3.8) is 0 Å². The van der Waals surface area contributed by atoms with Crippen LogP contribution in [0.2, 0.25) is 0 Å². The predicted molar refractivity (Wildman–Crippen MR) is 138 cm³/mol. The first-order valence-electron chi connectivity index (χ1n) is 12.7. The Morgan fingerprint density at radius 3 is 2.49 bits per heavy atom. The summed E-state index contributed by atoms with van der Waals surface area (Å²) in [4.78, 5) is 34.2. The van der Waals surface area contributed by atoms with Gasteiger partial charge in [-0.3, -0.25) is 9.59 Å². The number of benzene rings is 2. The minimum atomic E-state index is 0.00825. The van der Waals surface area contributed by atoms with E-state index in [9.17, 15) is 9.59 Å². The first-order chi connectivity index (χ1) is 17.0. The highest BCUT2D eigenvalue weighted by molar-refractivity contribution is 5.97. The van der Waals surface area contributed by atoms with Gasteiger partial charge in [0.2, 0.25) is 11.8 Å². The summed E-state index contributed by atoms with van der Waals surface area (Å²) in [5.41, 5.74) is 4.07. The third-order valence-corrected chi connectivity index (χ3v) is 6.95. The van der Waals surface area contributed by atoms with Gasteiger partial charge in [0, 0.05) is 43.7 Å². The highest BCUT2D eigenvalue weighted by Gasteiger charge is 2.25. The van der Waals surface area contributed by atoms with Crippen molar-refractivity contribution >= 4 is 22.9 Å². The Kier molecular flexibility index (Phi) is 8.18. The van der Waals surface area contributed by atoms with E-state index in [-0.39, 0.29) is 11.8 Å². The summed E-state index contributed by atoms with van der Waals surface area (Å²) in [6, 6.07) is 13.5. The fourth-order valence-corrected chi connectivity index (χ4v) is 4.63. The average molecular weight is 477 g/mol. The summed E-state index contributed by atoms with van der Waals surface area (Å²) in [5, 5.41) is 3.05. The highest BCUT2D eigenvalue weighted by atomic mass is 16.3. The van der Waals surface area contributed by atoms with Crippen molar-refractivity contribution in [3.05, 3.63) is 53.6 Å². The smallest absolute Gasteiger partial charge is 0.253 e. The number of carbonyl (C=O) groups is 2. The lowest BCUT2D eigenvalue weighted by Crippen LogP contribution is -2.40. The lowest BCUT2D eigenvalue weighted by Gasteiger charge is -2.32. The predicted octanol–water partition coefficient (Wildman–Crippen LogP) is 4.50. The minimum Gasteiger partial charge on any atom is -0.436 e. The molecule has 186 valence electrons. The number of amides is 2. The molecule has 3 aromatic rings. The monoisotopic (exact) mass is 476 g/mol. The number of aromatic nitrogens is 1. The Balaban J connectivity index is 1.29. The van der Waals surface area contributed by atoms with Crippen LogP contribution in [-0.2, 0) is 4.79 Å². The van der Waals surface area contributed by atoms with Gasteiger partial charge in [-0.05, 0) is 69.1 Å². The molecule has 2 aromatic carbocycles. The molecule has 0 unspecified atom stereocenters. The molecule has 0 spiro atoms. The van der Waals surface area contributed by atoms with Crippen LogP contribution in [0.5, 0.6) is 0 Å². The van der Waals surface area contributed by atoms with Gasteiger partial charge < -0.3 is 19.5 Å².